The highest BCUT2D eigenvalue weighted by molar-refractivity contribution is 5.89. The summed E-state index contributed by atoms with van der Waals surface area (Å²) >= 11 is 0. The first-order chi connectivity index (χ1) is 10.5. The summed E-state index contributed by atoms with van der Waals surface area (Å²) in [5.41, 5.74) is 0.723. The molecule has 0 saturated carbocycles. The summed E-state index contributed by atoms with van der Waals surface area (Å²) in [5, 5.41) is 15.6. The van der Waals surface area contributed by atoms with Gasteiger partial charge in [0.25, 0.3) is 0 Å². The molecule has 0 aliphatic heterocycles. The monoisotopic (exact) mass is 307 g/mol. The van der Waals surface area contributed by atoms with Gasteiger partial charge in [0.1, 0.15) is 17.5 Å². The predicted molar refractivity (Wildman–Crippen MR) is 78.6 cm³/mol. The molecule has 0 saturated heterocycles. The van der Waals surface area contributed by atoms with E-state index in [9.17, 15) is 13.6 Å². The number of anilines is 2. The van der Waals surface area contributed by atoms with Crippen molar-refractivity contribution in [2.24, 2.45) is 0 Å². The first-order valence-corrected chi connectivity index (χ1v) is 6.59. The van der Waals surface area contributed by atoms with Crippen LogP contribution in [0.25, 0.3) is 0 Å². The lowest BCUT2D eigenvalue weighted by Crippen LogP contribution is -2.33. The van der Waals surface area contributed by atoms with Crippen molar-refractivity contribution in [2.45, 2.75) is 6.92 Å². The Morgan fingerprint density at radius 2 is 1.95 bits per heavy atom. The summed E-state index contributed by atoms with van der Waals surface area (Å²) in [7, 11) is 0. The molecule has 0 aliphatic rings. The molecule has 6 nitrogen and oxygen atoms in total. The van der Waals surface area contributed by atoms with Gasteiger partial charge in [-0.05, 0) is 31.2 Å². The van der Waals surface area contributed by atoms with Gasteiger partial charge in [-0.2, -0.15) is 5.10 Å². The predicted octanol–water partition coefficient (Wildman–Crippen LogP) is 2.30. The van der Waals surface area contributed by atoms with Crippen LogP contribution < -0.4 is 16.0 Å². The Hall–Kier alpha value is -2.77. The number of amides is 2. The number of aryl methyl sites for hydroxylation is 1. The van der Waals surface area contributed by atoms with Crippen LogP contribution >= 0.6 is 0 Å². The fourth-order valence-corrected chi connectivity index (χ4v) is 1.62. The number of carbonyl (C=O) groups is 1. The molecule has 0 bridgehead atoms. The van der Waals surface area contributed by atoms with Gasteiger partial charge in [0.05, 0.1) is 11.4 Å². The fourth-order valence-electron chi connectivity index (χ4n) is 1.62. The number of nitrogens with one attached hydrogen (secondary N) is 3. The van der Waals surface area contributed by atoms with Gasteiger partial charge in [-0.1, -0.05) is 0 Å². The maximum Gasteiger partial charge on any atom is 0.319 e. The van der Waals surface area contributed by atoms with Gasteiger partial charge in [-0.25, -0.2) is 13.6 Å². The molecule has 0 atom stereocenters. The quantitative estimate of drug-likeness (QED) is 0.741. The molecule has 0 radical (unpaired) electrons. The Balaban J connectivity index is 1.72. The third kappa shape index (κ3) is 4.65. The van der Waals surface area contributed by atoms with Crippen molar-refractivity contribution < 1.29 is 13.6 Å². The Bertz CT molecular complexity index is 648. The van der Waals surface area contributed by atoms with Crippen molar-refractivity contribution in [1.82, 2.24) is 15.5 Å². The van der Waals surface area contributed by atoms with Crippen LogP contribution in [0.15, 0.2) is 30.3 Å². The topological polar surface area (TPSA) is 78.9 Å². The number of halogens is 2. The highest BCUT2D eigenvalue weighted by Gasteiger charge is 2.07. The third-order valence-electron chi connectivity index (χ3n) is 2.69. The molecule has 8 heteroatoms. The molecular formula is C14H15F2N5O. The summed E-state index contributed by atoms with van der Waals surface area (Å²) in [5.74, 6) is -0.938. The minimum absolute atomic E-state index is 0.0868. The van der Waals surface area contributed by atoms with E-state index in [2.05, 4.69) is 26.1 Å². The molecule has 1 aromatic heterocycles. The van der Waals surface area contributed by atoms with Crippen molar-refractivity contribution in [3.8, 4) is 0 Å². The maximum absolute atomic E-state index is 13.3. The van der Waals surface area contributed by atoms with Crippen molar-refractivity contribution >= 4 is 17.5 Å². The third-order valence-corrected chi connectivity index (χ3v) is 2.69. The van der Waals surface area contributed by atoms with E-state index in [0.717, 1.165) is 17.8 Å². The van der Waals surface area contributed by atoms with Crippen molar-refractivity contribution in [3.63, 3.8) is 0 Å². The molecule has 1 aromatic carbocycles. The number of nitrogens with zero attached hydrogens (tertiary/aromatic N) is 2. The largest absolute Gasteiger partial charge is 0.367 e. The summed E-state index contributed by atoms with van der Waals surface area (Å²) in [6.45, 7) is 2.55. The molecule has 1 heterocycles. The summed E-state index contributed by atoms with van der Waals surface area (Å²) in [4.78, 5) is 11.6. The van der Waals surface area contributed by atoms with Gasteiger partial charge in [-0.15, -0.1) is 5.10 Å². The minimum atomic E-state index is -0.830. The summed E-state index contributed by atoms with van der Waals surface area (Å²) in [6, 6.07) is 5.93. The van der Waals surface area contributed by atoms with Crippen molar-refractivity contribution in [2.75, 3.05) is 23.7 Å². The second-order valence-electron chi connectivity index (χ2n) is 4.49. The van der Waals surface area contributed by atoms with Crippen LogP contribution in [0.3, 0.4) is 0 Å². The molecule has 0 aliphatic carbocycles. The number of hydrogen-bond acceptors (Lipinski definition) is 4. The molecular weight excluding hydrogens is 292 g/mol. The van der Waals surface area contributed by atoms with E-state index in [1.165, 1.54) is 0 Å². The van der Waals surface area contributed by atoms with E-state index in [4.69, 9.17) is 0 Å². The zero-order valence-corrected chi connectivity index (χ0v) is 11.9. The van der Waals surface area contributed by atoms with Gasteiger partial charge in [-0.3, -0.25) is 0 Å². The average molecular weight is 307 g/mol. The van der Waals surface area contributed by atoms with Crippen LogP contribution in [-0.4, -0.2) is 29.3 Å². The van der Waals surface area contributed by atoms with Gasteiger partial charge >= 0.3 is 6.03 Å². The maximum atomic E-state index is 13.3. The number of urea groups is 1. The average Bonchev–Trinajstić information content (AvgIpc) is 2.48. The molecule has 116 valence electrons. The normalized spacial score (nSPS) is 10.1. The van der Waals surface area contributed by atoms with Crippen LogP contribution in [0.5, 0.6) is 0 Å². The molecule has 22 heavy (non-hydrogen) atoms. The Morgan fingerprint density at radius 3 is 2.64 bits per heavy atom. The highest BCUT2D eigenvalue weighted by atomic mass is 19.1. The lowest BCUT2D eigenvalue weighted by molar-refractivity contribution is 0.252. The van der Waals surface area contributed by atoms with Gasteiger partial charge in [0, 0.05) is 19.2 Å². The van der Waals surface area contributed by atoms with Crippen LogP contribution in [0.1, 0.15) is 5.69 Å². The second-order valence-corrected chi connectivity index (χ2v) is 4.49. The Kier molecular flexibility index (Phi) is 5.18. The number of benzene rings is 1. The molecule has 0 unspecified atom stereocenters. The van der Waals surface area contributed by atoms with E-state index in [1.807, 2.05) is 13.0 Å². The minimum Gasteiger partial charge on any atom is -0.367 e. The number of aromatic nitrogens is 2. The molecule has 2 aromatic rings. The van der Waals surface area contributed by atoms with Gasteiger partial charge < -0.3 is 16.0 Å². The molecule has 2 amide bonds. The second kappa shape index (κ2) is 7.30. The van der Waals surface area contributed by atoms with Gasteiger partial charge in [0.2, 0.25) is 0 Å². The first-order valence-electron chi connectivity index (χ1n) is 6.59. The molecule has 3 N–H and O–H groups in total. The van der Waals surface area contributed by atoms with E-state index in [1.54, 1.807) is 6.07 Å². The molecule has 0 fully saturated rings. The van der Waals surface area contributed by atoms with E-state index >= 15 is 0 Å². The van der Waals surface area contributed by atoms with Crippen LogP contribution in [0.2, 0.25) is 0 Å². The fraction of sp³-hybridized carbons (Fsp3) is 0.214. The zero-order chi connectivity index (χ0) is 15.9. The van der Waals surface area contributed by atoms with Crippen molar-refractivity contribution in [3.05, 3.63) is 47.7 Å². The van der Waals surface area contributed by atoms with Crippen LogP contribution in [0.4, 0.5) is 25.1 Å². The number of rotatable bonds is 5. The number of hydrogen-bond donors (Lipinski definition) is 3. The SMILES string of the molecule is Cc1ccc(NCCNC(=O)Nc2ccc(F)cc2F)nn1. The van der Waals surface area contributed by atoms with E-state index in [-0.39, 0.29) is 5.69 Å². The summed E-state index contributed by atoms with van der Waals surface area (Å²) < 4.78 is 26.1. The Morgan fingerprint density at radius 1 is 1.14 bits per heavy atom. The number of carbonyl (C=O) groups excluding carboxylic acids is 1. The van der Waals surface area contributed by atoms with Crippen LogP contribution in [0, 0.1) is 18.6 Å². The molecule has 2 rings (SSSR count). The smallest absolute Gasteiger partial charge is 0.319 e. The first kappa shape index (κ1) is 15.6. The molecule has 0 spiro atoms. The van der Waals surface area contributed by atoms with Crippen molar-refractivity contribution in [1.29, 1.82) is 0 Å². The highest BCUT2D eigenvalue weighted by Crippen LogP contribution is 2.14. The standard InChI is InChI=1S/C14H15F2N5O/c1-9-2-5-13(21-20-9)17-6-7-18-14(22)19-12-4-3-10(15)8-11(12)16/h2-5,8H,6-7H2,1H3,(H,17,21)(H2,18,19,22). The lowest BCUT2D eigenvalue weighted by Gasteiger charge is -2.09. The Labute approximate surface area is 125 Å². The van der Waals surface area contributed by atoms with Gasteiger partial charge in [0.15, 0.2) is 0 Å². The van der Waals surface area contributed by atoms with E-state index in [0.29, 0.717) is 25.0 Å². The summed E-state index contributed by atoms with van der Waals surface area (Å²) in [6.07, 6.45) is 0. The van der Waals surface area contributed by atoms with E-state index < -0.39 is 17.7 Å². The lowest BCUT2D eigenvalue weighted by atomic mass is 10.3. The zero-order valence-electron chi connectivity index (χ0n) is 11.9. The van der Waals surface area contributed by atoms with Crippen LogP contribution in [-0.2, 0) is 0 Å².